The van der Waals surface area contributed by atoms with Gasteiger partial charge in [0.15, 0.2) is 0 Å². The molecular formula is C13H19N. The summed E-state index contributed by atoms with van der Waals surface area (Å²) < 4.78 is 0. The van der Waals surface area contributed by atoms with Crippen molar-refractivity contribution < 1.29 is 0 Å². The van der Waals surface area contributed by atoms with Gasteiger partial charge in [0.2, 0.25) is 0 Å². The molecule has 1 heteroatoms. The molecule has 1 aromatic rings. The Bertz CT molecular complexity index is 313. The molecule has 1 nitrogen and oxygen atoms in total. The Morgan fingerprint density at radius 1 is 1.36 bits per heavy atom. The van der Waals surface area contributed by atoms with E-state index in [0.29, 0.717) is 5.41 Å². The molecule has 2 rings (SSSR count). The molecule has 0 unspecified atom stereocenters. The molecule has 0 atom stereocenters. The molecule has 1 saturated carbocycles. The molecule has 0 saturated heterocycles. The van der Waals surface area contributed by atoms with Gasteiger partial charge < -0.3 is 5.32 Å². The quantitative estimate of drug-likeness (QED) is 0.767. The van der Waals surface area contributed by atoms with E-state index in [9.17, 15) is 0 Å². The first-order valence-corrected chi connectivity index (χ1v) is 5.44. The lowest BCUT2D eigenvalue weighted by molar-refractivity contribution is 0.478. The summed E-state index contributed by atoms with van der Waals surface area (Å²) in [6, 6.07) is 8.90. The molecule has 0 amide bonds. The van der Waals surface area contributed by atoms with Crippen molar-refractivity contribution in [3.63, 3.8) is 0 Å². The Kier molecular flexibility index (Phi) is 2.60. The Morgan fingerprint density at radius 3 is 2.71 bits per heavy atom. The van der Waals surface area contributed by atoms with Crippen LogP contribution in [0.4, 0.5) is 0 Å². The molecule has 0 bridgehead atoms. The molecule has 0 radical (unpaired) electrons. The fraction of sp³-hybridized carbons (Fsp3) is 0.538. The normalized spacial score (nSPS) is 18.1. The van der Waals surface area contributed by atoms with Crippen LogP contribution >= 0.6 is 0 Å². The van der Waals surface area contributed by atoms with E-state index in [-0.39, 0.29) is 0 Å². The lowest BCUT2D eigenvalue weighted by Crippen LogP contribution is -2.21. The van der Waals surface area contributed by atoms with Gasteiger partial charge in [-0.2, -0.15) is 0 Å². The predicted molar refractivity (Wildman–Crippen MR) is 60.5 cm³/mol. The van der Waals surface area contributed by atoms with E-state index in [1.165, 1.54) is 36.9 Å². The van der Waals surface area contributed by atoms with E-state index in [4.69, 9.17) is 0 Å². The van der Waals surface area contributed by atoms with Crippen LogP contribution in [-0.4, -0.2) is 13.6 Å². The summed E-state index contributed by atoms with van der Waals surface area (Å²) in [6.07, 6.45) is 4.03. The average molecular weight is 189 g/mol. The Hall–Kier alpha value is -0.820. The second-order valence-electron chi connectivity index (χ2n) is 4.70. The standard InChI is InChI=1S/C13H19N/c1-11-4-3-5-12(8-11)9-13(6-7-13)10-14-2/h3-5,8,14H,6-7,9-10H2,1-2H3. The minimum atomic E-state index is 0.586. The van der Waals surface area contributed by atoms with Crippen molar-refractivity contribution in [1.82, 2.24) is 5.32 Å². The summed E-state index contributed by atoms with van der Waals surface area (Å²) in [5.74, 6) is 0. The minimum Gasteiger partial charge on any atom is -0.319 e. The monoisotopic (exact) mass is 189 g/mol. The lowest BCUT2D eigenvalue weighted by Gasteiger charge is -2.14. The number of benzene rings is 1. The van der Waals surface area contributed by atoms with E-state index < -0.39 is 0 Å². The van der Waals surface area contributed by atoms with E-state index in [1.54, 1.807) is 0 Å². The number of nitrogens with one attached hydrogen (secondary N) is 1. The maximum absolute atomic E-state index is 3.31. The number of hydrogen-bond acceptors (Lipinski definition) is 1. The summed E-state index contributed by atoms with van der Waals surface area (Å²) in [7, 11) is 2.05. The SMILES string of the molecule is CNCC1(Cc2cccc(C)c2)CC1. The Balaban J connectivity index is 2.03. The molecule has 0 aromatic heterocycles. The summed E-state index contributed by atoms with van der Waals surface area (Å²) in [5.41, 5.74) is 3.46. The smallest absolute Gasteiger partial charge is 0.000800 e. The van der Waals surface area contributed by atoms with Crippen LogP contribution in [0.3, 0.4) is 0 Å². The van der Waals surface area contributed by atoms with Crippen molar-refractivity contribution in [1.29, 1.82) is 0 Å². The van der Waals surface area contributed by atoms with Crippen LogP contribution in [0.5, 0.6) is 0 Å². The van der Waals surface area contributed by atoms with Gasteiger partial charge in [0.25, 0.3) is 0 Å². The first-order valence-electron chi connectivity index (χ1n) is 5.44. The maximum atomic E-state index is 3.31. The zero-order valence-electron chi connectivity index (χ0n) is 9.14. The number of rotatable bonds is 4. The fourth-order valence-corrected chi connectivity index (χ4v) is 2.22. The van der Waals surface area contributed by atoms with E-state index in [2.05, 4.69) is 43.6 Å². The van der Waals surface area contributed by atoms with Crippen LogP contribution in [-0.2, 0) is 6.42 Å². The highest BCUT2D eigenvalue weighted by Gasteiger charge is 2.41. The van der Waals surface area contributed by atoms with Crippen LogP contribution in [0.1, 0.15) is 24.0 Å². The van der Waals surface area contributed by atoms with Gasteiger partial charge in [0.05, 0.1) is 0 Å². The molecule has 0 spiro atoms. The molecule has 1 N–H and O–H groups in total. The Morgan fingerprint density at radius 2 is 2.14 bits per heavy atom. The van der Waals surface area contributed by atoms with E-state index in [0.717, 1.165) is 0 Å². The predicted octanol–water partition coefficient (Wildman–Crippen LogP) is 2.54. The second-order valence-corrected chi connectivity index (χ2v) is 4.70. The number of aryl methyl sites for hydroxylation is 1. The highest BCUT2D eigenvalue weighted by Crippen LogP contribution is 2.47. The van der Waals surface area contributed by atoms with Gasteiger partial charge in [-0.1, -0.05) is 29.8 Å². The third-order valence-corrected chi connectivity index (χ3v) is 3.17. The summed E-state index contributed by atoms with van der Waals surface area (Å²) >= 11 is 0. The number of hydrogen-bond donors (Lipinski definition) is 1. The van der Waals surface area contributed by atoms with Gasteiger partial charge >= 0.3 is 0 Å². The highest BCUT2D eigenvalue weighted by atomic mass is 14.8. The zero-order valence-corrected chi connectivity index (χ0v) is 9.14. The van der Waals surface area contributed by atoms with Crippen LogP contribution in [0.15, 0.2) is 24.3 Å². The fourth-order valence-electron chi connectivity index (χ4n) is 2.22. The van der Waals surface area contributed by atoms with Crippen LogP contribution in [0.25, 0.3) is 0 Å². The minimum absolute atomic E-state index is 0.586. The highest BCUT2D eigenvalue weighted by molar-refractivity contribution is 5.24. The maximum Gasteiger partial charge on any atom is 0.000800 e. The van der Waals surface area contributed by atoms with Gasteiger partial charge in [0.1, 0.15) is 0 Å². The van der Waals surface area contributed by atoms with Crippen molar-refractivity contribution in [2.24, 2.45) is 5.41 Å². The third kappa shape index (κ3) is 2.16. The summed E-state index contributed by atoms with van der Waals surface area (Å²) in [4.78, 5) is 0. The lowest BCUT2D eigenvalue weighted by atomic mass is 9.95. The van der Waals surface area contributed by atoms with E-state index >= 15 is 0 Å². The van der Waals surface area contributed by atoms with Crippen molar-refractivity contribution >= 4 is 0 Å². The van der Waals surface area contributed by atoms with Gasteiger partial charge in [0, 0.05) is 6.54 Å². The van der Waals surface area contributed by atoms with Crippen LogP contribution in [0.2, 0.25) is 0 Å². The second kappa shape index (κ2) is 3.74. The first-order chi connectivity index (χ1) is 6.74. The van der Waals surface area contributed by atoms with Crippen molar-refractivity contribution in [2.75, 3.05) is 13.6 Å². The molecular weight excluding hydrogens is 170 g/mol. The first kappa shape index (κ1) is 9.72. The van der Waals surface area contributed by atoms with Gasteiger partial charge in [-0.25, -0.2) is 0 Å². The molecule has 1 aliphatic carbocycles. The van der Waals surface area contributed by atoms with Crippen LogP contribution in [0, 0.1) is 12.3 Å². The van der Waals surface area contributed by atoms with Gasteiger partial charge in [-0.3, -0.25) is 0 Å². The van der Waals surface area contributed by atoms with Crippen molar-refractivity contribution in [3.8, 4) is 0 Å². The molecule has 14 heavy (non-hydrogen) atoms. The molecule has 76 valence electrons. The molecule has 0 heterocycles. The average Bonchev–Trinajstić information content (AvgIpc) is 2.85. The van der Waals surface area contributed by atoms with Crippen molar-refractivity contribution in [2.45, 2.75) is 26.2 Å². The van der Waals surface area contributed by atoms with E-state index in [1.807, 2.05) is 0 Å². The Labute approximate surface area is 86.5 Å². The van der Waals surface area contributed by atoms with Crippen molar-refractivity contribution in [3.05, 3.63) is 35.4 Å². The molecule has 1 fully saturated rings. The third-order valence-electron chi connectivity index (χ3n) is 3.17. The summed E-state index contributed by atoms with van der Waals surface area (Å²) in [6.45, 7) is 3.34. The zero-order chi connectivity index (χ0) is 10.0. The molecule has 1 aromatic carbocycles. The van der Waals surface area contributed by atoms with Gasteiger partial charge in [-0.15, -0.1) is 0 Å². The summed E-state index contributed by atoms with van der Waals surface area (Å²) in [5, 5.41) is 3.31. The molecule has 0 aliphatic heterocycles. The molecule has 1 aliphatic rings. The topological polar surface area (TPSA) is 12.0 Å². The van der Waals surface area contributed by atoms with Gasteiger partial charge in [-0.05, 0) is 44.2 Å². The largest absolute Gasteiger partial charge is 0.319 e. The van der Waals surface area contributed by atoms with Crippen LogP contribution < -0.4 is 5.32 Å².